The number of rotatable bonds is 9. The molecule has 33 heavy (non-hydrogen) atoms. The van der Waals surface area contributed by atoms with Gasteiger partial charge in [0.25, 0.3) is 0 Å². The van der Waals surface area contributed by atoms with Gasteiger partial charge in [-0.05, 0) is 63.9 Å². The number of halogens is 1. The van der Waals surface area contributed by atoms with E-state index in [0.29, 0.717) is 6.42 Å². The first kappa shape index (κ1) is 26.3. The second kappa shape index (κ2) is 10.8. The average Bonchev–Trinajstić information content (AvgIpc) is 2.71. The van der Waals surface area contributed by atoms with Crippen molar-refractivity contribution >= 4 is 27.5 Å². The third-order valence-electron chi connectivity index (χ3n) is 4.94. The van der Waals surface area contributed by atoms with Crippen LogP contribution in [0.15, 0.2) is 54.6 Å². The summed E-state index contributed by atoms with van der Waals surface area (Å²) >= 11 is 0. The molecule has 0 aliphatic carbocycles. The molecule has 0 unspecified atom stereocenters. The highest BCUT2D eigenvalue weighted by molar-refractivity contribution is 7.92. The molecule has 1 N–H and O–H groups in total. The van der Waals surface area contributed by atoms with Gasteiger partial charge in [0.1, 0.15) is 18.4 Å². The molecule has 0 aliphatic rings. The summed E-state index contributed by atoms with van der Waals surface area (Å²) in [7, 11) is -3.84. The van der Waals surface area contributed by atoms with E-state index < -0.39 is 39.9 Å². The number of hydrogen-bond acceptors (Lipinski definition) is 4. The molecular weight excluding hydrogens is 445 g/mol. The van der Waals surface area contributed by atoms with Gasteiger partial charge in [-0.25, -0.2) is 12.8 Å². The van der Waals surface area contributed by atoms with Crippen molar-refractivity contribution in [3.05, 3.63) is 66.0 Å². The van der Waals surface area contributed by atoms with Gasteiger partial charge in [-0.15, -0.1) is 0 Å². The minimum atomic E-state index is -3.84. The highest BCUT2D eigenvalue weighted by atomic mass is 32.2. The van der Waals surface area contributed by atoms with Crippen LogP contribution in [0.5, 0.6) is 0 Å². The zero-order chi connectivity index (χ0) is 24.8. The van der Waals surface area contributed by atoms with Crippen molar-refractivity contribution in [3.8, 4) is 0 Å². The van der Waals surface area contributed by atoms with Crippen LogP contribution in [-0.4, -0.2) is 56.1 Å². The standard InChI is InChI=1S/C24H32FN3O4S/c1-18(23(30)26-24(2,3)4)27(16-15-19-9-7-6-8-10-19)22(29)17-28(33(5,31)32)21-13-11-20(25)12-14-21/h6-14,18H,15-17H2,1-5H3,(H,26,30)/t18-/m1/s1. The molecule has 0 bridgehead atoms. The first-order chi connectivity index (χ1) is 15.3. The minimum Gasteiger partial charge on any atom is -0.350 e. The van der Waals surface area contributed by atoms with Gasteiger partial charge in [-0.3, -0.25) is 13.9 Å². The second-order valence-electron chi connectivity index (χ2n) is 8.98. The molecule has 2 rings (SSSR count). The lowest BCUT2D eigenvalue weighted by atomic mass is 10.1. The summed E-state index contributed by atoms with van der Waals surface area (Å²) in [4.78, 5) is 27.6. The molecule has 180 valence electrons. The number of sulfonamides is 1. The molecule has 0 aliphatic heterocycles. The summed E-state index contributed by atoms with van der Waals surface area (Å²) in [6, 6.07) is 13.5. The van der Waals surface area contributed by atoms with Crippen molar-refractivity contribution in [1.82, 2.24) is 10.2 Å². The van der Waals surface area contributed by atoms with E-state index in [1.165, 1.54) is 17.0 Å². The molecule has 0 radical (unpaired) electrons. The summed E-state index contributed by atoms with van der Waals surface area (Å²) in [5.41, 5.74) is 0.658. The van der Waals surface area contributed by atoms with Crippen LogP contribution in [0.4, 0.5) is 10.1 Å². The molecule has 2 amide bonds. The predicted octanol–water partition coefficient (Wildman–Crippen LogP) is 2.97. The predicted molar refractivity (Wildman–Crippen MR) is 128 cm³/mol. The lowest BCUT2D eigenvalue weighted by Gasteiger charge is -2.33. The van der Waals surface area contributed by atoms with Gasteiger partial charge in [0.2, 0.25) is 21.8 Å². The molecule has 9 heteroatoms. The van der Waals surface area contributed by atoms with Crippen LogP contribution >= 0.6 is 0 Å². The zero-order valence-corrected chi connectivity index (χ0v) is 20.5. The number of carbonyl (C=O) groups is 2. The molecule has 2 aromatic rings. The molecule has 0 saturated heterocycles. The number of benzene rings is 2. The Morgan fingerprint density at radius 1 is 1.03 bits per heavy atom. The summed E-state index contributed by atoms with van der Waals surface area (Å²) in [6.07, 6.45) is 1.48. The van der Waals surface area contributed by atoms with Crippen LogP contribution in [0.1, 0.15) is 33.3 Å². The van der Waals surface area contributed by atoms with Crippen molar-refractivity contribution in [2.75, 3.05) is 23.7 Å². The highest BCUT2D eigenvalue weighted by Gasteiger charge is 2.31. The first-order valence-corrected chi connectivity index (χ1v) is 12.5. The van der Waals surface area contributed by atoms with E-state index in [9.17, 15) is 22.4 Å². The molecule has 0 aromatic heterocycles. The number of carbonyl (C=O) groups excluding carboxylic acids is 2. The summed E-state index contributed by atoms with van der Waals surface area (Å²) in [6.45, 7) is 6.86. The van der Waals surface area contributed by atoms with E-state index in [0.717, 1.165) is 28.3 Å². The molecular formula is C24H32FN3O4S. The van der Waals surface area contributed by atoms with Crippen LogP contribution in [0.3, 0.4) is 0 Å². The monoisotopic (exact) mass is 477 g/mol. The van der Waals surface area contributed by atoms with Gasteiger partial charge >= 0.3 is 0 Å². The largest absolute Gasteiger partial charge is 0.350 e. The van der Waals surface area contributed by atoms with E-state index in [2.05, 4.69) is 5.32 Å². The van der Waals surface area contributed by atoms with Gasteiger partial charge in [0.05, 0.1) is 11.9 Å². The Labute approximate surface area is 195 Å². The van der Waals surface area contributed by atoms with Gasteiger partial charge in [0.15, 0.2) is 0 Å². The quantitative estimate of drug-likeness (QED) is 0.602. The van der Waals surface area contributed by atoms with Crippen molar-refractivity contribution < 1.29 is 22.4 Å². The molecule has 2 aromatic carbocycles. The van der Waals surface area contributed by atoms with Crippen LogP contribution in [0.25, 0.3) is 0 Å². The van der Waals surface area contributed by atoms with E-state index in [1.54, 1.807) is 6.92 Å². The van der Waals surface area contributed by atoms with E-state index >= 15 is 0 Å². The molecule has 0 heterocycles. The Kier molecular flexibility index (Phi) is 8.60. The van der Waals surface area contributed by atoms with E-state index in [4.69, 9.17) is 0 Å². The molecule has 0 spiro atoms. The van der Waals surface area contributed by atoms with Crippen LogP contribution in [-0.2, 0) is 26.0 Å². The Bertz CT molecular complexity index is 1050. The molecule has 0 fully saturated rings. The van der Waals surface area contributed by atoms with Crippen LogP contribution < -0.4 is 9.62 Å². The summed E-state index contributed by atoms with van der Waals surface area (Å²) in [5.74, 6) is -1.38. The smallest absolute Gasteiger partial charge is 0.244 e. The van der Waals surface area contributed by atoms with Gasteiger partial charge in [-0.2, -0.15) is 0 Å². The Morgan fingerprint density at radius 3 is 2.12 bits per heavy atom. The molecule has 7 nitrogen and oxygen atoms in total. The maximum atomic E-state index is 13.3. The number of anilines is 1. The van der Waals surface area contributed by atoms with Crippen molar-refractivity contribution in [2.45, 2.75) is 45.7 Å². The van der Waals surface area contributed by atoms with Gasteiger partial charge in [0, 0.05) is 12.1 Å². The second-order valence-corrected chi connectivity index (χ2v) is 10.9. The maximum Gasteiger partial charge on any atom is 0.244 e. The number of nitrogens with one attached hydrogen (secondary N) is 1. The SMILES string of the molecule is C[C@H](C(=O)NC(C)(C)C)N(CCc1ccccc1)C(=O)CN(c1ccc(F)cc1)S(C)(=O)=O. The number of hydrogen-bond donors (Lipinski definition) is 1. The van der Waals surface area contributed by atoms with E-state index in [1.807, 2.05) is 51.1 Å². The minimum absolute atomic E-state index is 0.169. The fraction of sp³-hybridized carbons (Fsp3) is 0.417. The topological polar surface area (TPSA) is 86.8 Å². The average molecular weight is 478 g/mol. The summed E-state index contributed by atoms with van der Waals surface area (Å²) in [5, 5.41) is 2.87. The number of amides is 2. The Morgan fingerprint density at radius 2 is 1.61 bits per heavy atom. The molecule has 1 atom stereocenters. The highest BCUT2D eigenvalue weighted by Crippen LogP contribution is 2.19. The fourth-order valence-corrected chi connectivity index (χ4v) is 4.11. The van der Waals surface area contributed by atoms with Crippen molar-refractivity contribution in [2.24, 2.45) is 0 Å². The third-order valence-corrected chi connectivity index (χ3v) is 6.08. The fourth-order valence-electron chi connectivity index (χ4n) is 3.27. The maximum absolute atomic E-state index is 13.3. The van der Waals surface area contributed by atoms with Crippen LogP contribution in [0.2, 0.25) is 0 Å². The lowest BCUT2D eigenvalue weighted by Crippen LogP contribution is -2.55. The van der Waals surface area contributed by atoms with Gasteiger partial charge in [-0.1, -0.05) is 30.3 Å². The van der Waals surface area contributed by atoms with Crippen molar-refractivity contribution in [1.29, 1.82) is 0 Å². The Hall–Kier alpha value is -2.94. The summed E-state index contributed by atoms with van der Waals surface area (Å²) < 4.78 is 39.1. The number of nitrogens with zero attached hydrogens (tertiary/aromatic N) is 2. The first-order valence-electron chi connectivity index (χ1n) is 10.7. The van der Waals surface area contributed by atoms with E-state index in [-0.39, 0.29) is 18.1 Å². The zero-order valence-electron chi connectivity index (χ0n) is 19.7. The lowest BCUT2D eigenvalue weighted by molar-refractivity contribution is -0.139. The van der Waals surface area contributed by atoms with Crippen molar-refractivity contribution in [3.63, 3.8) is 0 Å². The molecule has 0 saturated carbocycles. The van der Waals surface area contributed by atoms with Gasteiger partial charge < -0.3 is 10.2 Å². The third kappa shape index (κ3) is 8.16. The normalized spacial score (nSPS) is 12.7. The van der Waals surface area contributed by atoms with Crippen LogP contribution in [0, 0.1) is 5.82 Å². The Balaban J connectivity index is 2.31.